The van der Waals surface area contributed by atoms with E-state index in [0.29, 0.717) is 12.1 Å². The molecule has 0 saturated carbocycles. The maximum absolute atomic E-state index is 12.5. The zero-order valence-electron chi connectivity index (χ0n) is 16.1. The summed E-state index contributed by atoms with van der Waals surface area (Å²) in [5.41, 5.74) is 1.47. The number of nitrogens with zero attached hydrogens (tertiary/aromatic N) is 1. The van der Waals surface area contributed by atoms with E-state index in [0.717, 1.165) is 11.3 Å². The Morgan fingerprint density at radius 3 is 2.54 bits per heavy atom. The van der Waals surface area contributed by atoms with Gasteiger partial charge in [-0.2, -0.15) is 8.78 Å². The lowest BCUT2D eigenvalue weighted by molar-refractivity contribution is -0.0504. The molecule has 0 spiro atoms. The second kappa shape index (κ2) is 10.5. The summed E-state index contributed by atoms with van der Waals surface area (Å²) in [6, 6.07) is 13.5. The van der Waals surface area contributed by atoms with Crippen LogP contribution in [-0.2, 0) is 6.54 Å². The minimum atomic E-state index is -2.92. The molecule has 0 aromatic heterocycles. The first kappa shape index (κ1) is 21.4. The first-order chi connectivity index (χ1) is 13.4. The fourth-order valence-electron chi connectivity index (χ4n) is 2.74. The third-order valence-corrected chi connectivity index (χ3v) is 4.19. The predicted molar refractivity (Wildman–Crippen MR) is 103 cm³/mol. The Balaban J connectivity index is 1.93. The van der Waals surface area contributed by atoms with Gasteiger partial charge in [0.25, 0.3) is 0 Å². The summed E-state index contributed by atoms with van der Waals surface area (Å²) in [5.74, 6) is 0.782. The molecule has 2 amide bonds. The van der Waals surface area contributed by atoms with Crippen molar-refractivity contribution in [3.8, 4) is 11.5 Å². The number of hydrogen-bond acceptors (Lipinski definition) is 4. The summed E-state index contributed by atoms with van der Waals surface area (Å²) in [4.78, 5) is 14.2. The fraction of sp³-hybridized carbons (Fsp3) is 0.350. The van der Waals surface area contributed by atoms with Crippen LogP contribution in [0.5, 0.6) is 11.5 Å². The SMILES string of the molecule is COc1cccc(C(CNC(=O)NCc2ccccc2OC(F)F)N(C)C)c1. The summed E-state index contributed by atoms with van der Waals surface area (Å²) < 4.78 is 34.6. The van der Waals surface area contributed by atoms with Crippen LogP contribution in [0.25, 0.3) is 0 Å². The van der Waals surface area contributed by atoms with Crippen molar-refractivity contribution in [2.24, 2.45) is 0 Å². The molecule has 152 valence electrons. The second-order valence-electron chi connectivity index (χ2n) is 6.31. The molecule has 6 nitrogen and oxygen atoms in total. The molecule has 2 aromatic rings. The van der Waals surface area contributed by atoms with Crippen molar-refractivity contribution in [1.82, 2.24) is 15.5 Å². The molecule has 0 radical (unpaired) electrons. The van der Waals surface area contributed by atoms with E-state index in [2.05, 4.69) is 15.4 Å². The lowest BCUT2D eigenvalue weighted by Crippen LogP contribution is -2.40. The number of urea groups is 1. The number of hydrogen-bond donors (Lipinski definition) is 2. The molecule has 2 rings (SSSR count). The highest BCUT2D eigenvalue weighted by atomic mass is 19.3. The average Bonchev–Trinajstić information content (AvgIpc) is 2.67. The smallest absolute Gasteiger partial charge is 0.387 e. The summed E-state index contributed by atoms with van der Waals surface area (Å²) >= 11 is 0. The van der Waals surface area contributed by atoms with Gasteiger partial charge in [-0.1, -0.05) is 30.3 Å². The third-order valence-electron chi connectivity index (χ3n) is 4.19. The topological polar surface area (TPSA) is 62.8 Å². The van der Waals surface area contributed by atoms with Crippen LogP contribution >= 0.6 is 0 Å². The van der Waals surface area contributed by atoms with Gasteiger partial charge >= 0.3 is 12.6 Å². The number of likely N-dealkylation sites (N-methyl/N-ethyl adjacent to an activating group) is 1. The normalized spacial score (nSPS) is 12.0. The van der Waals surface area contributed by atoms with Crippen molar-refractivity contribution < 1.29 is 23.0 Å². The zero-order chi connectivity index (χ0) is 20.5. The number of nitrogens with one attached hydrogen (secondary N) is 2. The molecule has 2 N–H and O–H groups in total. The van der Waals surface area contributed by atoms with Crippen molar-refractivity contribution in [3.63, 3.8) is 0 Å². The zero-order valence-corrected chi connectivity index (χ0v) is 16.1. The minimum absolute atomic E-state index is 0.0420. The van der Waals surface area contributed by atoms with Crippen LogP contribution in [-0.4, -0.2) is 45.3 Å². The second-order valence-corrected chi connectivity index (χ2v) is 6.31. The highest BCUT2D eigenvalue weighted by Crippen LogP contribution is 2.22. The summed E-state index contributed by atoms with van der Waals surface area (Å²) in [7, 11) is 5.44. The van der Waals surface area contributed by atoms with Crippen LogP contribution in [0.15, 0.2) is 48.5 Å². The van der Waals surface area contributed by atoms with Crippen LogP contribution in [0.1, 0.15) is 17.2 Å². The summed E-state index contributed by atoms with van der Waals surface area (Å²) in [5, 5.41) is 5.47. The molecule has 28 heavy (non-hydrogen) atoms. The molecular formula is C20H25F2N3O3. The first-order valence-corrected chi connectivity index (χ1v) is 8.75. The van der Waals surface area contributed by atoms with Crippen LogP contribution < -0.4 is 20.1 Å². The maximum Gasteiger partial charge on any atom is 0.387 e. The van der Waals surface area contributed by atoms with Gasteiger partial charge < -0.3 is 25.0 Å². The molecule has 1 atom stereocenters. The van der Waals surface area contributed by atoms with Gasteiger partial charge in [0.15, 0.2) is 0 Å². The van der Waals surface area contributed by atoms with Crippen molar-refractivity contribution in [2.45, 2.75) is 19.2 Å². The van der Waals surface area contributed by atoms with Gasteiger partial charge in [-0.05, 0) is 37.9 Å². The Hall–Kier alpha value is -2.87. The first-order valence-electron chi connectivity index (χ1n) is 8.75. The average molecular weight is 393 g/mol. The Morgan fingerprint density at radius 1 is 1.11 bits per heavy atom. The van der Waals surface area contributed by atoms with E-state index in [-0.39, 0.29) is 18.3 Å². The van der Waals surface area contributed by atoms with Gasteiger partial charge in [0, 0.05) is 18.7 Å². The largest absolute Gasteiger partial charge is 0.497 e. The van der Waals surface area contributed by atoms with Crippen LogP contribution in [0.3, 0.4) is 0 Å². The number of ether oxygens (including phenoxy) is 2. The molecule has 0 aliphatic rings. The number of amides is 2. The molecule has 0 aliphatic carbocycles. The van der Waals surface area contributed by atoms with Gasteiger partial charge in [-0.3, -0.25) is 0 Å². The maximum atomic E-state index is 12.5. The number of carbonyl (C=O) groups is 1. The molecule has 8 heteroatoms. The Bertz CT molecular complexity index is 772. The van der Waals surface area contributed by atoms with Gasteiger partial charge in [0.1, 0.15) is 11.5 Å². The molecule has 0 saturated heterocycles. The number of methoxy groups -OCH3 is 1. The fourth-order valence-corrected chi connectivity index (χ4v) is 2.74. The number of rotatable bonds is 9. The molecule has 2 aromatic carbocycles. The van der Waals surface area contributed by atoms with Crippen molar-refractivity contribution in [1.29, 1.82) is 0 Å². The summed E-state index contributed by atoms with van der Waals surface area (Å²) in [6.07, 6.45) is 0. The predicted octanol–water partition coefficient (Wildman–Crippen LogP) is 3.40. The lowest BCUT2D eigenvalue weighted by Gasteiger charge is -2.25. The number of benzene rings is 2. The number of halogens is 2. The van der Waals surface area contributed by atoms with Crippen LogP contribution in [0, 0.1) is 0 Å². The molecular weight excluding hydrogens is 368 g/mol. The van der Waals surface area contributed by atoms with E-state index in [4.69, 9.17) is 4.74 Å². The molecule has 0 heterocycles. The number of carbonyl (C=O) groups excluding carboxylic acids is 1. The van der Waals surface area contributed by atoms with Crippen molar-refractivity contribution in [3.05, 3.63) is 59.7 Å². The van der Waals surface area contributed by atoms with Crippen LogP contribution in [0.2, 0.25) is 0 Å². The van der Waals surface area contributed by atoms with E-state index in [9.17, 15) is 13.6 Å². The molecule has 0 bridgehead atoms. The van der Waals surface area contributed by atoms with Gasteiger partial charge in [-0.15, -0.1) is 0 Å². The monoisotopic (exact) mass is 393 g/mol. The Morgan fingerprint density at radius 2 is 1.86 bits per heavy atom. The van der Waals surface area contributed by atoms with Crippen molar-refractivity contribution in [2.75, 3.05) is 27.7 Å². The highest BCUT2D eigenvalue weighted by molar-refractivity contribution is 5.74. The lowest BCUT2D eigenvalue weighted by atomic mass is 10.1. The minimum Gasteiger partial charge on any atom is -0.497 e. The van der Waals surface area contributed by atoms with Crippen molar-refractivity contribution >= 4 is 6.03 Å². The quantitative estimate of drug-likeness (QED) is 0.686. The van der Waals surface area contributed by atoms with Gasteiger partial charge in [-0.25, -0.2) is 4.79 Å². The Kier molecular flexibility index (Phi) is 8.01. The van der Waals surface area contributed by atoms with E-state index in [1.54, 1.807) is 25.3 Å². The van der Waals surface area contributed by atoms with Crippen LogP contribution in [0.4, 0.5) is 13.6 Å². The standard InChI is InChI=1S/C20H25F2N3O3/c1-25(2)17(14-8-6-9-16(11-14)27-3)13-24-20(26)23-12-15-7-4-5-10-18(15)28-19(21)22/h4-11,17,19H,12-13H2,1-3H3,(H2,23,24,26). The summed E-state index contributed by atoms with van der Waals surface area (Å²) in [6.45, 7) is -2.49. The van der Waals surface area contributed by atoms with E-state index >= 15 is 0 Å². The molecule has 0 fully saturated rings. The number of para-hydroxylation sites is 1. The number of alkyl halides is 2. The van der Waals surface area contributed by atoms with E-state index < -0.39 is 12.6 Å². The molecule has 1 unspecified atom stereocenters. The van der Waals surface area contributed by atoms with E-state index in [1.165, 1.54) is 6.07 Å². The highest BCUT2D eigenvalue weighted by Gasteiger charge is 2.16. The third kappa shape index (κ3) is 6.38. The van der Waals surface area contributed by atoms with E-state index in [1.807, 2.05) is 43.3 Å². The molecule has 0 aliphatic heterocycles. The Labute approximate surface area is 163 Å². The van der Waals surface area contributed by atoms with Gasteiger partial charge in [0.2, 0.25) is 0 Å². The van der Waals surface area contributed by atoms with Gasteiger partial charge in [0.05, 0.1) is 13.2 Å².